The van der Waals surface area contributed by atoms with Crippen LogP contribution in [0.5, 0.6) is 0 Å². The molecule has 0 unspecified atom stereocenters. The lowest BCUT2D eigenvalue weighted by Gasteiger charge is -2.27. The molecule has 1 N–H and O–H groups in total. The Morgan fingerprint density at radius 2 is 2.44 bits per heavy atom. The van der Waals surface area contributed by atoms with Gasteiger partial charge in [0.05, 0.1) is 0 Å². The Hall–Kier alpha value is -1.46. The van der Waals surface area contributed by atoms with E-state index in [9.17, 15) is 4.79 Å². The van der Waals surface area contributed by atoms with Crippen LogP contribution in [-0.2, 0) is 4.74 Å². The van der Waals surface area contributed by atoms with Crippen LogP contribution in [0, 0.1) is 5.92 Å². The number of nitrogens with zero attached hydrogens (tertiary/aromatic N) is 4. The molecule has 7 heteroatoms. The molecule has 1 rings (SSSR count). The number of likely N-dealkylation sites (N-methyl/N-ethyl adjacent to an activating group) is 1. The van der Waals surface area contributed by atoms with E-state index < -0.39 is 6.09 Å². The zero-order valence-electron chi connectivity index (χ0n) is 10.7. The summed E-state index contributed by atoms with van der Waals surface area (Å²) in [6.45, 7) is 1.63. The molecule has 0 spiro atoms. The topological polar surface area (TPSA) is 98.5 Å². The van der Waals surface area contributed by atoms with Crippen molar-refractivity contribution < 1.29 is 14.6 Å². The fourth-order valence-corrected chi connectivity index (χ4v) is 2.18. The van der Waals surface area contributed by atoms with E-state index >= 15 is 0 Å². The van der Waals surface area contributed by atoms with E-state index in [-0.39, 0.29) is 12.6 Å². The van der Waals surface area contributed by atoms with Gasteiger partial charge < -0.3 is 14.7 Å². The van der Waals surface area contributed by atoms with Gasteiger partial charge in [0.15, 0.2) is 0 Å². The largest absolute Gasteiger partial charge is 0.465 e. The zero-order valence-corrected chi connectivity index (χ0v) is 10.7. The Morgan fingerprint density at radius 1 is 1.67 bits per heavy atom. The van der Waals surface area contributed by atoms with Gasteiger partial charge in [-0.15, -0.1) is 0 Å². The smallest absolute Gasteiger partial charge is 0.407 e. The molecule has 1 heterocycles. The number of hydrogen-bond donors (Lipinski definition) is 1. The van der Waals surface area contributed by atoms with Crippen LogP contribution in [0.2, 0.25) is 0 Å². The molecule has 0 aromatic rings. The van der Waals surface area contributed by atoms with E-state index in [2.05, 4.69) is 10.0 Å². The van der Waals surface area contributed by atoms with E-state index in [4.69, 9.17) is 15.4 Å². The van der Waals surface area contributed by atoms with Crippen LogP contribution in [0.25, 0.3) is 10.4 Å². The van der Waals surface area contributed by atoms with Gasteiger partial charge in [0, 0.05) is 37.8 Å². The highest BCUT2D eigenvalue weighted by molar-refractivity contribution is 5.65. The summed E-state index contributed by atoms with van der Waals surface area (Å²) in [6, 6.07) is -0.273. The minimum atomic E-state index is -0.998. The second kappa shape index (κ2) is 7.79. The Labute approximate surface area is 106 Å². The first kappa shape index (κ1) is 14.6. The highest BCUT2D eigenvalue weighted by atomic mass is 16.5. The summed E-state index contributed by atoms with van der Waals surface area (Å²) < 4.78 is 5.48. The highest BCUT2D eigenvalue weighted by Crippen LogP contribution is 2.21. The summed E-state index contributed by atoms with van der Waals surface area (Å²) in [5, 5.41) is 12.5. The molecule has 1 saturated heterocycles. The number of azide groups is 1. The molecule has 0 aromatic carbocycles. The maximum Gasteiger partial charge on any atom is 0.407 e. The number of hydrogen-bond acceptors (Lipinski definition) is 3. The van der Waals surface area contributed by atoms with Gasteiger partial charge in [-0.25, -0.2) is 4.79 Å². The normalized spacial score (nSPS) is 21.5. The van der Waals surface area contributed by atoms with Crippen molar-refractivity contribution in [2.24, 2.45) is 11.0 Å². The molecule has 0 aromatic heterocycles. The summed E-state index contributed by atoms with van der Waals surface area (Å²) in [6.07, 6.45) is 2.90. The Balaban J connectivity index is 2.57. The van der Waals surface area contributed by atoms with Crippen molar-refractivity contribution >= 4 is 6.09 Å². The monoisotopic (exact) mass is 256 g/mol. The van der Waals surface area contributed by atoms with Crippen molar-refractivity contribution in [3.8, 4) is 0 Å². The molecule has 1 fully saturated rings. The average molecular weight is 256 g/mol. The van der Waals surface area contributed by atoms with Crippen LogP contribution in [0.15, 0.2) is 5.11 Å². The molecular weight excluding hydrogens is 236 g/mol. The number of ether oxygens (including phenoxy) is 1. The van der Waals surface area contributed by atoms with Crippen molar-refractivity contribution in [1.82, 2.24) is 4.90 Å². The lowest BCUT2D eigenvalue weighted by molar-refractivity contribution is 0.0939. The SMILES string of the molecule is CN(C(=O)O)[C@H](CN=[N+]=[N-])C[C@@H]1CCCCOC1. The quantitative estimate of drug-likeness (QED) is 0.464. The Kier molecular flexibility index (Phi) is 6.32. The van der Waals surface area contributed by atoms with E-state index in [0.717, 1.165) is 25.9 Å². The fraction of sp³-hybridized carbons (Fsp3) is 0.909. The highest BCUT2D eigenvalue weighted by Gasteiger charge is 2.23. The third-order valence-electron chi connectivity index (χ3n) is 3.32. The lowest BCUT2D eigenvalue weighted by Crippen LogP contribution is -2.39. The van der Waals surface area contributed by atoms with Crippen molar-refractivity contribution in [2.45, 2.75) is 31.7 Å². The van der Waals surface area contributed by atoms with Gasteiger partial charge in [-0.05, 0) is 30.7 Å². The van der Waals surface area contributed by atoms with Crippen LogP contribution in [0.1, 0.15) is 25.7 Å². The van der Waals surface area contributed by atoms with E-state index in [1.165, 1.54) is 11.9 Å². The molecule has 0 bridgehead atoms. The van der Waals surface area contributed by atoms with Crippen molar-refractivity contribution in [3.05, 3.63) is 10.4 Å². The molecule has 102 valence electrons. The molecule has 0 aliphatic carbocycles. The Morgan fingerprint density at radius 3 is 3.11 bits per heavy atom. The molecule has 1 aliphatic rings. The summed E-state index contributed by atoms with van der Waals surface area (Å²) in [7, 11) is 1.51. The maximum absolute atomic E-state index is 11.0. The summed E-state index contributed by atoms with van der Waals surface area (Å²) >= 11 is 0. The number of amides is 1. The van der Waals surface area contributed by atoms with Gasteiger partial charge in [-0.1, -0.05) is 11.5 Å². The predicted molar refractivity (Wildman–Crippen MR) is 66.4 cm³/mol. The minimum absolute atomic E-state index is 0.176. The van der Waals surface area contributed by atoms with E-state index in [0.29, 0.717) is 18.9 Å². The lowest BCUT2D eigenvalue weighted by atomic mass is 9.95. The van der Waals surface area contributed by atoms with Crippen LogP contribution in [-0.4, -0.2) is 48.9 Å². The third kappa shape index (κ3) is 4.81. The number of carbonyl (C=O) groups is 1. The standard InChI is InChI=1S/C11H20N4O3/c1-15(11(16)17)10(7-13-14-12)6-9-4-2-3-5-18-8-9/h9-10H,2-8H2,1H3,(H,16,17)/t9-,10-/m0/s1. The van der Waals surface area contributed by atoms with Crippen molar-refractivity contribution in [3.63, 3.8) is 0 Å². The third-order valence-corrected chi connectivity index (χ3v) is 3.32. The van der Waals surface area contributed by atoms with E-state index in [1.807, 2.05) is 0 Å². The summed E-state index contributed by atoms with van der Waals surface area (Å²) in [5.41, 5.74) is 8.35. The second-order valence-corrected chi connectivity index (χ2v) is 4.63. The maximum atomic E-state index is 11.0. The summed E-state index contributed by atoms with van der Waals surface area (Å²) in [5.74, 6) is 0.341. The first-order valence-electron chi connectivity index (χ1n) is 6.19. The molecular formula is C11H20N4O3. The van der Waals surface area contributed by atoms with Gasteiger partial charge in [0.2, 0.25) is 0 Å². The summed E-state index contributed by atoms with van der Waals surface area (Å²) in [4.78, 5) is 14.9. The fourth-order valence-electron chi connectivity index (χ4n) is 2.18. The Bertz CT molecular complexity index is 309. The van der Waals surface area contributed by atoms with E-state index in [1.54, 1.807) is 0 Å². The number of rotatable bonds is 5. The molecule has 0 saturated carbocycles. The zero-order chi connectivity index (χ0) is 13.4. The predicted octanol–water partition coefficient (Wildman–Crippen LogP) is 2.48. The second-order valence-electron chi connectivity index (χ2n) is 4.63. The van der Waals surface area contributed by atoms with Crippen LogP contribution in [0.3, 0.4) is 0 Å². The molecule has 1 aliphatic heterocycles. The number of carboxylic acid groups (broad SMARTS) is 1. The molecule has 7 nitrogen and oxygen atoms in total. The average Bonchev–Trinajstić information content (AvgIpc) is 2.61. The van der Waals surface area contributed by atoms with Gasteiger partial charge in [0.25, 0.3) is 0 Å². The minimum Gasteiger partial charge on any atom is -0.465 e. The van der Waals surface area contributed by atoms with Gasteiger partial charge in [-0.2, -0.15) is 0 Å². The van der Waals surface area contributed by atoms with Crippen molar-refractivity contribution in [1.29, 1.82) is 0 Å². The van der Waals surface area contributed by atoms with Gasteiger partial charge >= 0.3 is 6.09 Å². The molecule has 0 radical (unpaired) electrons. The van der Waals surface area contributed by atoms with Crippen LogP contribution in [0.4, 0.5) is 4.79 Å². The first-order chi connectivity index (χ1) is 8.65. The van der Waals surface area contributed by atoms with Gasteiger partial charge in [0.1, 0.15) is 0 Å². The molecule has 1 amide bonds. The molecule has 18 heavy (non-hydrogen) atoms. The van der Waals surface area contributed by atoms with Gasteiger partial charge in [-0.3, -0.25) is 0 Å². The van der Waals surface area contributed by atoms with Crippen LogP contribution >= 0.6 is 0 Å². The molecule has 2 atom stereocenters. The first-order valence-corrected chi connectivity index (χ1v) is 6.19. The van der Waals surface area contributed by atoms with Crippen LogP contribution < -0.4 is 0 Å². The van der Waals surface area contributed by atoms with Crippen molar-refractivity contribution in [2.75, 3.05) is 26.8 Å².